The van der Waals surface area contributed by atoms with Gasteiger partial charge in [-0.2, -0.15) is 13.2 Å². The molecule has 2 aliphatic carbocycles. The molecule has 0 amide bonds. The summed E-state index contributed by atoms with van der Waals surface area (Å²) in [5.41, 5.74) is -2.64. The van der Waals surface area contributed by atoms with E-state index in [-0.39, 0.29) is 12.3 Å². The highest BCUT2D eigenvalue weighted by molar-refractivity contribution is 5.79. The Morgan fingerprint density at radius 3 is 2.44 bits per heavy atom. The van der Waals surface area contributed by atoms with Crippen molar-refractivity contribution in [3.05, 3.63) is 12.2 Å². The van der Waals surface area contributed by atoms with Crippen LogP contribution in [-0.2, 0) is 9.53 Å². The van der Waals surface area contributed by atoms with E-state index in [1.165, 1.54) is 6.08 Å². The Balaban J connectivity index is 2.22. The van der Waals surface area contributed by atoms with Crippen molar-refractivity contribution in [2.45, 2.75) is 25.4 Å². The van der Waals surface area contributed by atoms with E-state index in [1.54, 1.807) is 6.08 Å². The maximum absolute atomic E-state index is 13.1. The molecular weight excluding hydrogens is 259 g/mol. The Labute approximate surface area is 99.8 Å². The molecule has 0 radical (unpaired) electrons. The molecule has 0 aromatic heterocycles. The van der Waals surface area contributed by atoms with E-state index in [0.29, 0.717) is 0 Å². The molecule has 0 aromatic rings. The second-order valence-electron chi connectivity index (χ2n) is 4.65. The maximum atomic E-state index is 13.1. The van der Waals surface area contributed by atoms with Crippen LogP contribution in [0.3, 0.4) is 0 Å². The number of carbonyl (C=O) groups excluding carboxylic acids is 1. The molecule has 7 heteroatoms. The fourth-order valence-corrected chi connectivity index (χ4v) is 2.80. The summed E-state index contributed by atoms with van der Waals surface area (Å²) in [6.07, 6.45) is -4.95. The molecule has 1 saturated carbocycles. The minimum absolute atomic E-state index is 0.225. The molecule has 102 valence electrons. The normalized spacial score (nSPS) is 34.3. The summed E-state index contributed by atoms with van der Waals surface area (Å²) in [5.74, 6) is -2.89. The van der Waals surface area contributed by atoms with Gasteiger partial charge in [-0.3, -0.25) is 4.79 Å². The van der Waals surface area contributed by atoms with Gasteiger partial charge in [0.05, 0.1) is 0 Å². The summed E-state index contributed by atoms with van der Waals surface area (Å²) in [6, 6.07) is 0. The van der Waals surface area contributed by atoms with Crippen LogP contribution in [0.1, 0.15) is 12.8 Å². The molecule has 0 heterocycles. The summed E-state index contributed by atoms with van der Waals surface area (Å²) < 4.78 is 67.3. The van der Waals surface area contributed by atoms with E-state index in [4.69, 9.17) is 0 Å². The Hall–Kier alpha value is -1.14. The summed E-state index contributed by atoms with van der Waals surface area (Å²) in [7, 11) is 0. The second kappa shape index (κ2) is 4.20. The average Bonchev–Trinajstić information content (AvgIpc) is 2.84. The standard InChI is InChI=1S/C11H11F5O2/c12-8(13)5-18-9(17)10(11(14,15)16)4-6-1-2-7(10)3-6/h1-2,6-8H,3-5H2. The minimum atomic E-state index is -4.78. The number of alkyl halides is 5. The van der Waals surface area contributed by atoms with Crippen molar-refractivity contribution in [1.82, 2.24) is 0 Å². The highest BCUT2D eigenvalue weighted by atomic mass is 19.4. The summed E-state index contributed by atoms with van der Waals surface area (Å²) in [5, 5.41) is 0. The molecule has 0 aromatic carbocycles. The molecule has 2 nitrogen and oxygen atoms in total. The first kappa shape index (κ1) is 13.3. The van der Waals surface area contributed by atoms with E-state index >= 15 is 0 Å². The van der Waals surface area contributed by atoms with Crippen LogP contribution in [0, 0.1) is 17.3 Å². The third-order valence-electron chi connectivity index (χ3n) is 3.60. The summed E-state index contributed by atoms with van der Waals surface area (Å²) in [6.45, 7) is -1.29. The molecule has 3 atom stereocenters. The predicted molar refractivity (Wildman–Crippen MR) is 50.8 cm³/mol. The highest BCUT2D eigenvalue weighted by Crippen LogP contribution is 2.60. The third kappa shape index (κ3) is 1.89. The van der Waals surface area contributed by atoms with Gasteiger partial charge in [0, 0.05) is 5.92 Å². The van der Waals surface area contributed by atoms with E-state index < -0.39 is 42.9 Å². The Morgan fingerprint density at radius 2 is 2.06 bits per heavy atom. The molecule has 0 N–H and O–H groups in total. The van der Waals surface area contributed by atoms with Gasteiger partial charge in [-0.25, -0.2) is 8.78 Å². The van der Waals surface area contributed by atoms with Crippen LogP contribution >= 0.6 is 0 Å². The second-order valence-corrected chi connectivity index (χ2v) is 4.65. The highest BCUT2D eigenvalue weighted by Gasteiger charge is 2.69. The van der Waals surface area contributed by atoms with Crippen molar-refractivity contribution in [3.8, 4) is 0 Å². The van der Waals surface area contributed by atoms with Crippen LogP contribution in [-0.4, -0.2) is 25.2 Å². The molecule has 18 heavy (non-hydrogen) atoms. The Kier molecular flexibility index (Phi) is 3.11. The lowest BCUT2D eigenvalue weighted by Crippen LogP contribution is -2.49. The molecule has 0 spiro atoms. The first-order chi connectivity index (χ1) is 8.27. The zero-order valence-electron chi connectivity index (χ0n) is 9.21. The molecule has 2 rings (SSSR count). The lowest BCUT2D eigenvalue weighted by Gasteiger charge is -2.34. The number of halogens is 5. The van der Waals surface area contributed by atoms with Crippen LogP contribution in [0.5, 0.6) is 0 Å². The van der Waals surface area contributed by atoms with Gasteiger partial charge in [-0.15, -0.1) is 0 Å². The topological polar surface area (TPSA) is 26.3 Å². The number of hydrogen-bond donors (Lipinski definition) is 0. The van der Waals surface area contributed by atoms with Crippen molar-refractivity contribution in [1.29, 1.82) is 0 Å². The van der Waals surface area contributed by atoms with Crippen molar-refractivity contribution >= 4 is 5.97 Å². The molecule has 0 aliphatic heterocycles. The number of allylic oxidation sites excluding steroid dienone is 2. The quantitative estimate of drug-likeness (QED) is 0.448. The fourth-order valence-electron chi connectivity index (χ4n) is 2.80. The molecule has 2 bridgehead atoms. The van der Waals surface area contributed by atoms with Crippen LogP contribution in [0.25, 0.3) is 0 Å². The monoisotopic (exact) mass is 270 g/mol. The fraction of sp³-hybridized carbons (Fsp3) is 0.727. The molecule has 3 unspecified atom stereocenters. The van der Waals surface area contributed by atoms with Gasteiger partial charge in [0.2, 0.25) is 0 Å². The van der Waals surface area contributed by atoms with Gasteiger partial charge in [0.25, 0.3) is 6.43 Å². The van der Waals surface area contributed by atoms with E-state index in [9.17, 15) is 26.7 Å². The van der Waals surface area contributed by atoms with Crippen LogP contribution in [0.15, 0.2) is 12.2 Å². The van der Waals surface area contributed by atoms with Crippen LogP contribution in [0.4, 0.5) is 22.0 Å². The van der Waals surface area contributed by atoms with Crippen LogP contribution in [0.2, 0.25) is 0 Å². The van der Waals surface area contributed by atoms with E-state index in [2.05, 4.69) is 4.74 Å². The first-order valence-electron chi connectivity index (χ1n) is 5.48. The largest absolute Gasteiger partial charge is 0.459 e. The van der Waals surface area contributed by atoms with Gasteiger partial charge < -0.3 is 4.74 Å². The minimum Gasteiger partial charge on any atom is -0.459 e. The van der Waals surface area contributed by atoms with Gasteiger partial charge in [0.15, 0.2) is 12.0 Å². The SMILES string of the molecule is O=C(OCC(F)F)C1(C(F)(F)F)CC2C=CC1C2. The Morgan fingerprint density at radius 1 is 1.39 bits per heavy atom. The molecule has 2 aliphatic rings. The van der Waals surface area contributed by atoms with Crippen molar-refractivity contribution < 1.29 is 31.5 Å². The number of hydrogen-bond acceptors (Lipinski definition) is 2. The van der Waals surface area contributed by atoms with E-state index in [0.717, 1.165) is 0 Å². The average molecular weight is 270 g/mol. The van der Waals surface area contributed by atoms with Crippen LogP contribution < -0.4 is 0 Å². The maximum Gasteiger partial charge on any atom is 0.405 e. The lowest BCUT2D eigenvalue weighted by atomic mass is 9.75. The zero-order valence-corrected chi connectivity index (χ0v) is 9.21. The summed E-state index contributed by atoms with van der Waals surface area (Å²) in [4.78, 5) is 11.6. The van der Waals surface area contributed by atoms with Gasteiger partial charge >= 0.3 is 12.1 Å². The zero-order chi connectivity index (χ0) is 13.6. The van der Waals surface area contributed by atoms with Gasteiger partial charge in [0.1, 0.15) is 0 Å². The van der Waals surface area contributed by atoms with Gasteiger partial charge in [-0.05, 0) is 18.8 Å². The van der Waals surface area contributed by atoms with Crippen molar-refractivity contribution in [2.75, 3.05) is 6.61 Å². The summed E-state index contributed by atoms with van der Waals surface area (Å²) >= 11 is 0. The third-order valence-corrected chi connectivity index (χ3v) is 3.60. The van der Waals surface area contributed by atoms with Gasteiger partial charge in [-0.1, -0.05) is 12.2 Å². The first-order valence-corrected chi connectivity index (χ1v) is 5.48. The van der Waals surface area contributed by atoms with Crippen molar-refractivity contribution in [2.24, 2.45) is 17.3 Å². The molecule has 0 saturated heterocycles. The number of esters is 1. The smallest absolute Gasteiger partial charge is 0.405 e. The van der Waals surface area contributed by atoms with E-state index in [1.807, 2.05) is 0 Å². The Bertz CT molecular complexity index is 376. The molecular formula is C11H11F5O2. The number of fused-ring (bicyclic) bond motifs is 2. The van der Waals surface area contributed by atoms with Crippen molar-refractivity contribution in [3.63, 3.8) is 0 Å². The number of rotatable bonds is 3. The lowest BCUT2D eigenvalue weighted by molar-refractivity contribution is -0.243. The predicted octanol–water partition coefficient (Wildman–Crippen LogP) is 2.94. The number of ether oxygens (including phenoxy) is 1. The molecule has 1 fully saturated rings. The number of carbonyl (C=O) groups is 1.